The van der Waals surface area contributed by atoms with Gasteiger partial charge in [-0.2, -0.15) is 5.26 Å². The van der Waals surface area contributed by atoms with Crippen molar-refractivity contribution in [1.82, 2.24) is 0 Å². The Labute approximate surface area is 66.0 Å². The Balaban J connectivity index is 4.58. The molecule has 1 N–H and O–H groups in total. The van der Waals surface area contributed by atoms with Crippen LogP contribution in [-0.2, 0) is 4.79 Å². The van der Waals surface area contributed by atoms with E-state index in [1.165, 1.54) is 0 Å². The number of hydrogen-bond acceptors (Lipinski definition) is 2. The number of allylic oxidation sites excluding steroid dienone is 1. The standard InChI is InChI=1S/C8H11NO2/c1-3-4-6(2)7(5-9)8(10)11/h3-4H2,1-2H3,(H,10,11). The summed E-state index contributed by atoms with van der Waals surface area (Å²) in [5.41, 5.74) is 0.536. The first-order chi connectivity index (χ1) is 5.13. The minimum absolute atomic E-state index is 0.119. The highest BCUT2D eigenvalue weighted by atomic mass is 16.4. The molecule has 0 rings (SSSR count). The highest BCUT2D eigenvalue weighted by molar-refractivity contribution is 5.91. The zero-order valence-electron chi connectivity index (χ0n) is 6.72. The third kappa shape index (κ3) is 2.85. The van der Waals surface area contributed by atoms with E-state index in [0.717, 1.165) is 6.42 Å². The van der Waals surface area contributed by atoms with Gasteiger partial charge in [0.2, 0.25) is 0 Å². The van der Waals surface area contributed by atoms with Crippen molar-refractivity contribution in [2.24, 2.45) is 0 Å². The number of nitriles is 1. The molecule has 0 spiro atoms. The third-order valence-corrected chi connectivity index (χ3v) is 1.38. The van der Waals surface area contributed by atoms with Crippen molar-refractivity contribution in [3.05, 3.63) is 11.1 Å². The largest absolute Gasteiger partial charge is 0.477 e. The molecule has 0 aliphatic rings. The molecule has 0 fully saturated rings. The van der Waals surface area contributed by atoms with Crippen LogP contribution >= 0.6 is 0 Å². The second-order valence-electron chi connectivity index (χ2n) is 2.32. The van der Waals surface area contributed by atoms with Crippen LogP contribution < -0.4 is 0 Å². The molecule has 0 amide bonds. The molecule has 3 nitrogen and oxygen atoms in total. The van der Waals surface area contributed by atoms with Crippen molar-refractivity contribution in [2.75, 3.05) is 0 Å². The molecule has 60 valence electrons. The van der Waals surface area contributed by atoms with Crippen LogP contribution in [0.15, 0.2) is 11.1 Å². The number of hydrogen-bond donors (Lipinski definition) is 1. The summed E-state index contributed by atoms with van der Waals surface area (Å²) in [5, 5.41) is 16.9. The molecular weight excluding hydrogens is 142 g/mol. The number of carbonyl (C=O) groups is 1. The molecule has 0 saturated carbocycles. The molecule has 0 atom stereocenters. The second kappa shape index (κ2) is 4.51. The van der Waals surface area contributed by atoms with E-state index < -0.39 is 5.97 Å². The van der Waals surface area contributed by atoms with Crippen LogP contribution in [0, 0.1) is 11.3 Å². The maximum Gasteiger partial charge on any atom is 0.346 e. The average Bonchev–Trinajstić information content (AvgIpc) is 1.88. The minimum Gasteiger partial charge on any atom is -0.477 e. The van der Waals surface area contributed by atoms with E-state index in [1.54, 1.807) is 13.0 Å². The molecule has 0 radical (unpaired) electrons. The highest BCUT2D eigenvalue weighted by Crippen LogP contribution is 2.09. The van der Waals surface area contributed by atoms with Gasteiger partial charge in [-0.25, -0.2) is 4.79 Å². The lowest BCUT2D eigenvalue weighted by atomic mass is 10.1. The van der Waals surface area contributed by atoms with Gasteiger partial charge in [0.15, 0.2) is 0 Å². The molecule has 0 saturated heterocycles. The topological polar surface area (TPSA) is 61.1 Å². The van der Waals surface area contributed by atoms with Crippen molar-refractivity contribution < 1.29 is 9.90 Å². The highest BCUT2D eigenvalue weighted by Gasteiger charge is 2.08. The van der Waals surface area contributed by atoms with Gasteiger partial charge in [0.25, 0.3) is 0 Å². The zero-order valence-corrected chi connectivity index (χ0v) is 6.72. The van der Waals surface area contributed by atoms with Crippen LogP contribution in [-0.4, -0.2) is 11.1 Å². The lowest BCUT2D eigenvalue weighted by molar-refractivity contribution is -0.132. The SMILES string of the molecule is CCCC(C)=C(C#N)C(=O)O. The van der Waals surface area contributed by atoms with Crippen molar-refractivity contribution in [2.45, 2.75) is 26.7 Å². The summed E-state index contributed by atoms with van der Waals surface area (Å²) in [4.78, 5) is 10.4. The molecule has 0 aliphatic heterocycles. The summed E-state index contributed by atoms with van der Waals surface area (Å²) >= 11 is 0. The van der Waals surface area contributed by atoms with Crippen molar-refractivity contribution in [3.8, 4) is 6.07 Å². The van der Waals surface area contributed by atoms with Crippen molar-refractivity contribution in [1.29, 1.82) is 5.26 Å². The summed E-state index contributed by atoms with van der Waals surface area (Å²) < 4.78 is 0. The van der Waals surface area contributed by atoms with Gasteiger partial charge in [0, 0.05) is 0 Å². The first-order valence-electron chi connectivity index (χ1n) is 3.46. The summed E-state index contributed by atoms with van der Waals surface area (Å²) in [5.74, 6) is -1.13. The van der Waals surface area contributed by atoms with E-state index >= 15 is 0 Å². The van der Waals surface area contributed by atoms with Gasteiger partial charge in [-0.15, -0.1) is 0 Å². The number of rotatable bonds is 3. The monoisotopic (exact) mass is 153 g/mol. The predicted molar refractivity (Wildman–Crippen MR) is 40.9 cm³/mol. The zero-order chi connectivity index (χ0) is 8.85. The Morgan fingerprint density at radius 2 is 2.18 bits per heavy atom. The lowest BCUT2D eigenvalue weighted by Gasteiger charge is -1.97. The Kier molecular flexibility index (Phi) is 3.97. The molecule has 0 aromatic carbocycles. The number of aliphatic carboxylic acids is 1. The maximum atomic E-state index is 10.4. The van der Waals surface area contributed by atoms with Gasteiger partial charge in [0.05, 0.1) is 0 Å². The molecule has 0 bridgehead atoms. The van der Waals surface area contributed by atoms with Crippen molar-refractivity contribution in [3.63, 3.8) is 0 Å². The van der Waals surface area contributed by atoms with Gasteiger partial charge < -0.3 is 5.11 Å². The third-order valence-electron chi connectivity index (χ3n) is 1.38. The summed E-state index contributed by atoms with van der Waals surface area (Å²) in [6, 6.07) is 1.67. The molecule has 0 unspecified atom stereocenters. The molecule has 0 aromatic rings. The lowest BCUT2D eigenvalue weighted by Crippen LogP contribution is -2.00. The number of nitrogens with zero attached hydrogens (tertiary/aromatic N) is 1. The quantitative estimate of drug-likeness (QED) is 0.496. The van der Waals surface area contributed by atoms with E-state index in [1.807, 2.05) is 6.92 Å². The summed E-state index contributed by atoms with van der Waals surface area (Å²) in [6.45, 7) is 3.62. The molecule has 0 aromatic heterocycles. The van der Waals surface area contributed by atoms with Crippen LogP contribution in [0.4, 0.5) is 0 Å². The molecule has 0 heterocycles. The van der Waals surface area contributed by atoms with E-state index in [-0.39, 0.29) is 5.57 Å². The maximum absolute atomic E-state index is 10.4. The van der Waals surface area contributed by atoms with Crippen LogP contribution in [0.25, 0.3) is 0 Å². The normalized spacial score (nSPS) is 11.7. The van der Waals surface area contributed by atoms with Gasteiger partial charge >= 0.3 is 5.97 Å². The fourth-order valence-corrected chi connectivity index (χ4v) is 0.826. The van der Waals surface area contributed by atoms with E-state index in [2.05, 4.69) is 0 Å². The van der Waals surface area contributed by atoms with Crippen LogP contribution in [0.1, 0.15) is 26.7 Å². The van der Waals surface area contributed by atoms with Gasteiger partial charge in [-0.05, 0) is 18.9 Å². The molecular formula is C8H11NO2. The smallest absolute Gasteiger partial charge is 0.346 e. The van der Waals surface area contributed by atoms with Crippen molar-refractivity contribution >= 4 is 5.97 Å². The Morgan fingerprint density at radius 1 is 1.64 bits per heavy atom. The minimum atomic E-state index is -1.13. The summed E-state index contributed by atoms with van der Waals surface area (Å²) in [6.07, 6.45) is 1.54. The number of carboxylic acids is 1. The number of carboxylic acid groups (broad SMARTS) is 1. The Hall–Kier alpha value is -1.30. The molecule has 11 heavy (non-hydrogen) atoms. The van der Waals surface area contributed by atoms with Gasteiger partial charge in [-0.1, -0.05) is 13.3 Å². The van der Waals surface area contributed by atoms with Gasteiger partial charge in [0.1, 0.15) is 11.6 Å². The average molecular weight is 153 g/mol. The Morgan fingerprint density at radius 3 is 2.45 bits per heavy atom. The Bertz CT molecular complexity index is 223. The van der Waals surface area contributed by atoms with Gasteiger partial charge in [-0.3, -0.25) is 0 Å². The van der Waals surface area contributed by atoms with Crippen LogP contribution in [0.5, 0.6) is 0 Å². The van der Waals surface area contributed by atoms with Crippen LogP contribution in [0.3, 0.4) is 0 Å². The molecule has 0 aliphatic carbocycles. The first kappa shape index (κ1) is 9.70. The van der Waals surface area contributed by atoms with Crippen LogP contribution in [0.2, 0.25) is 0 Å². The fourth-order valence-electron chi connectivity index (χ4n) is 0.826. The summed E-state index contributed by atoms with van der Waals surface area (Å²) in [7, 11) is 0. The second-order valence-corrected chi connectivity index (χ2v) is 2.32. The first-order valence-corrected chi connectivity index (χ1v) is 3.46. The predicted octanol–water partition coefficient (Wildman–Crippen LogP) is 1.71. The fraction of sp³-hybridized carbons (Fsp3) is 0.500. The molecule has 3 heteroatoms. The van der Waals surface area contributed by atoms with E-state index in [0.29, 0.717) is 12.0 Å². The van der Waals surface area contributed by atoms with E-state index in [4.69, 9.17) is 10.4 Å². The van der Waals surface area contributed by atoms with E-state index in [9.17, 15) is 4.79 Å².